The molecule has 0 unspecified atom stereocenters. The maximum atomic E-state index is 10.2. The molecule has 1 rings (SSSR count). The lowest BCUT2D eigenvalue weighted by molar-refractivity contribution is 0.154. The van der Waals surface area contributed by atoms with Crippen molar-refractivity contribution in [1.82, 2.24) is 4.98 Å². The summed E-state index contributed by atoms with van der Waals surface area (Å²) in [5.74, 6) is 0.808. The van der Waals surface area contributed by atoms with E-state index in [-0.39, 0.29) is 0 Å². The zero-order valence-electron chi connectivity index (χ0n) is 9.01. The summed E-state index contributed by atoms with van der Waals surface area (Å²) >= 11 is 0. The molecule has 0 fully saturated rings. The minimum absolute atomic E-state index is 0.344. The molecule has 0 amide bonds. The minimum atomic E-state index is 0.344. The highest BCUT2D eigenvalue weighted by Crippen LogP contribution is 2.14. The highest BCUT2D eigenvalue weighted by Gasteiger charge is 2.01. The van der Waals surface area contributed by atoms with E-state index in [1.54, 1.807) is 12.1 Å². The molecule has 0 radical (unpaired) electrons. The molecule has 0 spiro atoms. The molecule has 5 heteroatoms. The maximum Gasteiger partial charge on any atom is 0.128 e. The minimum Gasteiger partial charge on any atom is -0.380 e. The number of rotatable bonds is 6. The van der Waals surface area contributed by atoms with Gasteiger partial charge in [0.05, 0.1) is 12.8 Å². The van der Waals surface area contributed by atoms with Crippen molar-refractivity contribution in [3.63, 3.8) is 0 Å². The van der Waals surface area contributed by atoms with Crippen molar-refractivity contribution in [1.29, 1.82) is 0 Å². The van der Waals surface area contributed by atoms with Crippen LogP contribution in [0.15, 0.2) is 23.5 Å². The van der Waals surface area contributed by atoms with E-state index < -0.39 is 0 Å². The highest BCUT2D eigenvalue weighted by atomic mass is 16.5. The predicted octanol–water partition coefficient (Wildman–Crippen LogP) is 1.95. The Morgan fingerprint density at radius 2 is 2.33 bits per heavy atom. The van der Waals surface area contributed by atoms with Gasteiger partial charge in [0.1, 0.15) is 11.5 Å². The van der Waals surface area contributed by atoms with Crippen molar-refractivity contribution in [3.8, 4) is 0 Å². The summed E-state index contributed by atoms with van der Waals surface area (Å²) < 4.78 is 5.23. The number of anilines is 1. The second kappa shape index (κ2) is 6.08. The summed E-state index contributed by atoms with van der Waals surface area (Å²) in [6.45, 7) is 4.12. The van der Waals surface area contributed by atoms with Crippen LogP contribution in [-0.2, 0) is 4.74 Å². The fourth-order valence-electron chi connectivity index (χ4n) is 1.12. The zero-order valence-corrected chi connectivity index (χ0v) is 9.01. The molecule has 82 valence electrons. The predicted molar refractivity (Wildman–Crippen MR) is 59.5 cm³/mol. The van der Waals surface area contributed by atoms with E-state index in [9.17, 15) is 4.91 Å². The summed E-state index contributed by atoms with van der Waals surface area (Å²) in [4.78, 5) is 16.2. The Morgan fingerprint density at radius 3 is 2.87 bits per heavy atom. The van der Waals surface area contributed by atoms with Crippen LogP contribution in [0, 0.1) is 4.91 Å². The third-order valence-electron chi connectivity index (χ3n) is 2.00. The van der Waals surface area contributed by atoms with E-state index >= 15 is 0 Å². The number of nitroso groups, excluding NO2 is 1. The Bertz CT molecular complexity index is 300. The first kappa shape index (κ1) is 11.6. The SMILES string of the molecule is CCOCCN(C)c1ccc(N=O)cn1. The van der Waals surface area contributed by atoms with Crippen LogP contribution in [0.5, 0.6) is 0 Å². The fourth-order valence-corrected chi connectivity index (χ4v) is 1.12. The molecule has 1 heterocycles. The third kappa shape index (κ3) is 3.63. The van der Waals surface area contributed by atoms with E-state index in [1.165, 1.54) is 6.20 Å². The standard InChI is InChI=1S/C10H15N3O2/c1-3-15-7-6-13(2)10-5-4-9(12-14)8-11-10/h4-5,8H,3,6-7H2,1-2H3. The Morgan fingerprint density at radius 1 is 1.53 bits per heavy atom. The molecular formula is C10H15N3O2. The lowest BCUT2D eigenvalue weighted by Gasteiger charge is -2.17. The monoisotopic (exact) mass is 209 g/mol. The van der Waals surface area contributed by atoms with Crippen molar-refractivity contribution in [3.05, 3.63) is 23.2 Å². The van der Waals surface area contributed by atoms with Crippen LogP contribution in [0.1, 0.15) is 6.92 Å². The summed E-state index contributed by atoms with van der Waals surface area (Å²) in [6.07, 6.45) is 1.46. The Balaban J connectivity index is 2.50. The van der Waals surface area contributed by atoms with E-state index in [4.69, 9.17) is 4.74 Å². The first-order chi connectivity index (χ1) is 7.27. The van der Waals surface area contributed by atoms with Crippen LogP contribution in [-0.4, -0.2) is 31.8 Å². The molecule has 0 N–H and O–H groups in total. The largest absolute Gasteiger partial charge is 0.380 e. The molecule has 0 atom stereocenters. The number of ether oxygens (including phenoxy) is 1. The van der Waals surface area contributed by atoms with E-state index in [0.717, 1.165) is 19.0 Å². The smallest absolute Gasteiger partial charge is 0.128 e. The molecule has 5 nitrogen and oxygen atoms in total. The summed E-state index contributed by atoms with van der Waals surface area (Å²) in [7, 11) is 1.93. The van der Waals surface area contributed by atoms with Crippen molar-refractivity contribution >= 4 is 11.5 Å². The van der Waals surface area contributed by atoms with Gasteiger partial charge in [-0.2, -0.15) is 0 Å². The maximum absolute atomic E-state index is 10.2. The number of nitrogens with zero attached hydrogens (tertiary/aromatic N) is 3. The molecular weight excluding hydrogens is 194 g/mol. The molecule has 0 aliphatic carbocycles. The molecule has 0 aromatic carbocycles. The van der Waals surface area contributed by atoms with Gasteiger partial charge in [0.25, 0.3) is 0 Å². The molecule has 0 saturated heterocycles. The lowest BCUT2D eigenvalue weighted by atomic mass is 10.4. The second-order valence-electron chi connectivity index (χ2n) is 3.08. The Kier molecular flexibility index (Phi) is 4.70. The Hall–Kier alpha value is -1.49. The van der Waals surface area contributed by atoms with E-state index in [2.05, 4.69) is 10.2 Å². The second-order valence-corrected chi connectivity index (χ2v) is 3.08. The number of pyridine rings is 1. The number of likely N-dealkylation sites (N-methyl/N-ethyl adjacent to an activating group) is 1. The Labute approximate surface area is 89.0 Å². The average molecular weight is 209 g/mol. The van der Waals surface area contributed by atoms with Crippen LogP contribution in [0.4, 0.5) is 11.5 Å². The van der Waals surface area contributed by atoms with Crippen molar-refractivity contribution < 1.29 is 4.74 Å². The van der Waals surface area contributed by atoms with Crippen LogP contribution in [0.3, 0.4) is 0 Å². The number of hydrogen-bond donors (Lipinski definition) is 0. The molecule has 1 aromatic rings. The van der Waals surface area contributed by atoms with Gasteiger partial charge in [-0.3, -0.25) is 0 Å². The molecule has 0 bridgehead atoms. The first-order valence-electron chi connectivity index (χ1n) is 4.86. The molecule has 0 aliphatic rings. The van der Waals surface area contributed by atoms with Gasteiger partial charge in [0, 0.05) is 20.2 Å². The zero-order chi connectivity index (χ0) is 11.1. The van der Waals surface area contributed by atoms with E-state index in [1.807, 2.05) is 18.9 Å². The van der Waals surface area contributed by atoms with Gasteiger partial charge in [-0.15, -0.1) is 4.91 Å². The fraction of sp³-hybridized carbons (Fsp3) is 0.500. The normalized spacial score (nSPS) is 10.0. The van der Waals surface area contributed by atoms with Crippen LogP contribution < -0.4 is 4.90 Å². The quantitative estimate of drug-likeness (QED) is 0.530. The van der Waals surface area contributed by atoms with Gasteiger partial charge in [0.15, 0.2) is 0 Å². The van der Waals surface area contributed by atoms with Crippen molar-refractivity contribution in [2.24, 2.45) is 5.18 Å². The van der Waals surface area contributed by atoms with E-state index in [0.29, 0.717) is 12.3 Å². The van der Waals surface area contributed by atoms with Gasteiger partial charge >= 0.3 is 0 Å². The first-order valence-corrected chi connectivity index (χ1v) is 4.86. The number of aromatic nitrogens is 1. The molecule has 0 saturated carbocycles. The highest BCUT2D eigenvalue weighted by molar-refractivity contribution is 5.44. The van der Waals surface area contributed by atoms with Gasteiger partial charge in [-0.1, -0.05) is 0 Å². The average Bonchev–Trinajstić information content (AvgIpc) is 2.29. The summed E-state index contributed by atoms with van der Waals surface area (Å²) in [5, 5.41) is 2.79. The number of hydrogen-bond acceptors (Lipinski definition) is 5. The third-order valence-corrected chi connectivity index (χ3v) is 2.00. The van der Waals surface area contributed by atoms with Crippen molar-refractivity contribution in [2.45, 2.75) is 6.92 Å². The summed E-state index contributed by atoms with van der Waals surface area (Å²) in [6, 6.07) is 3.41. The van der Waals surface area contributed by atoms with Crippen LogP contribution in [0.25, 0.3) is 0 Å². The summed E-state index contributed by atoms with van der Waals surface area (Å²) in [5.41, 5.74) is 0.344. The van der Waals surface area contributed by atoms with Gasteiger partial charge in [-0.05, 0) is 24.2 Å². The van der Waals surface area contributed by atoms with Crippen LogP contribution >= 0.6 is 0 Å². The lowest BCUT2D eigenvalue weighted by Crippen LogP contribution is -2.23. The molecule has 0 aliphatic heterocycles. The molecule has 15 heavy (non-hydrogen) atoms. The van der Waals surface area contributed by atoms with Gasteiger partial charge in [-0.25, -0.2) is 4.98 Å². The van der Waals surface area contributed by atoms with Gasteiger partial charge in [0.2, 0.25) is 0 Å². The van der Waals surface area contributed by atoms with Crippen molar-refractivity contribution in [2.75, 3.05) is 31.7 Å². The molecule has 1 aromatic heterocycles. The topological polar surface area (TPSA) is 54.8 Å². The van der Waals surface area contributed by atoms with Gasteiger partial charge < -0.3 is 9.64 Å². The van der Waals surface area contributed by atoms with Crippen LogP contribution in [0.2, 0.25) is 0 Å².